The maximum atomic E-state index is 11.5. The van der Waals surface area contributed by atoms with Crippen molar-refractivity contribution in [2.75, 3.05) is 0 Å². The van der Waals surface area contributed by atoms with Crippen molar-refractivity contribution < 1.29 is 49.0 Å². The van der Waals surface area contributed by atoms with Crippen molar-refractivity contribution in [2.45, 2.75) is 31.2 Å². The minimum Gasteiger partial charge on any atom is -0.548 e. The number of carbonyl (C=O) groups is 2. The van der Waals surface area contributed by atoms with Crippen molar-refractivity contribution >= 4 is 24.7 Å². The van der Waals surface area contributed by atoms with Crippen LogP contribution in [0.1, 0.15) is 19.4 Å². The summed E-state index contributed by atoms with van der Waals surface area (Å²) in [6.45, 7) is 3.20. The molecule has 7 heteroatoms. The van der Waals surface area contributed by atoms with Crippen LogP contribution in [0.2, 0.25) is 0 Å². The summed E-state index contributed by atoms with van der Waals surface area (Å²) in [6.07, 6.45) is -0.819. The fourth-order valence-corrected chi connectivity index (χ4v) is 1.58. The molecule has 5 nitrogen and oxygen atoms in total. The number of carboxylic acids is 1. The predicted octanol–water partition coefficient (Wildman–Crippen LogP) is -2.26. The normalized spacial score (nSPS) is 11.9. The molecule has 20 heavy (non-hydrogen) atoms. The standard InChI is InChI=1S/C13H17NO4S.Na/c1-13(2,19)10(11(15)16)14-12(17)18-8-9-6-4-3-5-7-9;/h3-7,10,19H,8H2,1-2H3,(H,14,17)(H,15,16);/q;+1/p-1/t10-;/m0./s1. The first-order valence-corrected chi connectivity index (χ1v) is 6.16. The average Bonchev–Trinajstić information content (AvgIpc) is 2.33. The molecule has 1 atom stereocenters. The summed E-state index contributed by atoms with van der Waals surface area (Å²) >= 11 is 4.11. The third-order valence-corrected chi connectivity index (χ3v) is 2.68. The van der Waals surface area contributed by atoms with Crippen LogP contribution in [-0.4, -0.2) is 22.9 Å². The van der Waals surface area contributed by atoms with Crippen LogP contribution < -0.4 is 40.0 Å². The molecule has 1 rings (SSSR count). The van der Waals surface area contributed by atoms with E-state index in [2.05, 4.69) is 17.9 Å². The number of carboxylic acid groups (broad SMARTS) is 1. The van der Waals surface area contributed by atoms with E-state index in [9.17, 15) is 14.7 Å². The Kier molecular flexibility index (Phi) is 8.27. The average molecular weight is 305 g/mol. The Balaban J connectivity index is 0.00000361. The molecule has 1 aromatic rings. The molecular formula is C13H16NNaO4S. The summed E-state index contributed by atoms with van der Waals surface area (Å²) in [6, 6.07) is 7.84. The van der Waals surface area contributed by atoms with Gasteiger partial charge in [-0.25, -0.2) is 4.79 Å². The van der Waals surface area contributed by atoms with E-state index in [-0.39, 0.29) is 36.2 Å². The van der Waals surface area contributed by atoms with Gasteiger partial charge in [-0.2, -0.15) is 12.6 Å². The zero-order chi connectivity index (χ0) is 14.5. The first-order chi connectivity index (χ1) is 8.80. The van der Waals surface area contributed by atoms with Crippen molar-refractivity contribution in [1.29, 1.82) is 0 Å². The van der Waals surface area contributed by atoms with Crippen LogP contribution in [0.4, 0.5) is 4.79 Å². The van der Waals surface area contributed by atoms with Gasteiger partial charge in [0.05, 0.1) is 12.0 Å². The third kappa shape index (κ3) is 6.65. The molecular weight excluding hydrogens is 289 g/mol. The quantitative estimate of drug-likeness (QED) is 0.476. The summed E-state index contributed by atoms with van der Waals surface area (Å²) in [5.41, 5.74) is 0.813. The van der Waals surface area contributed by atoms with Gasteiger partial charge in [-0.05, 0) is 19.4 Å². The van der Waals surface area contributed by atoms with Gasteiger partial charge in [0.15, 0.2) is 0 Å². The monoisotopic (exact) mass is 305 g/mol. The first kappa shape index (κ1) is 19.3. The molecule has 1 N–H and O–H groups in total. The van der Waals surface area contributed by atoms with Gasteiger partial charge in [0, 0.05) is 4.75 Å². The molecule has 104 valence electrons. The van der Waals surface area contributed by atoms with E-state index in [1.807, 2.05) is 18.2 Å². The van der Waals surface area contributed by atoms with E-state index in [1.165, 1.54) is 0 Å². The number of thiol groups is 1. The van der Waals surface area contributed by atoms with Crippen LogP contribution in [0.5, 0.6) is 0 Å². The number of rotatable bonds is 5. The van der Waals surface area contributed by atoms with Crippen LogP contribution in [0, 0.1) is 0 Å². The van der Waals surface area contributed by atoms with Crippen molar-refractivity contribution in [3.63, 3.8) is 0 Å². The van der Waals surface area contributed by atoms with Crippen molar-refractivity contribution in [1.82, 2.24) is 5.32 Å². The molecule has 1 amide bonds. The van der Waals surface area contributed by atoms with Gasteiger partial charge in [0.2, 0.25) is 0 Å². The minimum atomic E-state index is -1.41. The van der Waals surface area contributed by atoms with E-state index in [4.69, 9.17) is 4.74 Å². The van der Waals surface area contributed by atoms with Crippen LogP contribution in [0.3, 0.4) is 0 Å². The number of benzene rings is 1. The van der Waals surface area contributed by atoms with E-state index >= 15 is 0 Å². The molecule has 0 bridgehead atoms. The number of nitrogens with one attached hydrogen (secondary N) is 1. The Morgan fingerprint density at radius 3 is 2.35 bits per heavy atom. The van der Waals surface area contributed by atoms with Gasteiger partial charge in [0.1, 0.15) is 6.61 Å². The molecule has 0 aliphatic heterocycles. The number of hydrogen-bond acceptors (Lipinski definition) is 5. The fraction of sp³-hybridized carbons (Fsp3) is 0.385. The zero-order valence-electron chi connectivity index (χ0n) is 11.8. The molecule has 0 unspecified atom stereocenters. The molecule has 0 aliphatic carbocycles. The number of amides is 1. The first-order valence-electron chi connectivity index (χ1n) is 5.71. The summed E-state index contributed by atoms with van der Waals surface area (Å²) < 4.78 is 3.98. The molecule has 0 saturated carbocycles. The number of aliphatic carboxylic acids is 1. The fourth-order valence-electron chi connectivity index (χ4n) is 1.41. The second-order valence-corrected chi connectivity index (χ2v) is 5.76. The van der Waals surface area contributed by atoms with Crippen LogP contribution in [0.15, 0.2) is 30.3 Å². The Morgan fingerprint density at radius 1 is 1.35 bits per heavy atom. The smallest absolute Gasteiger partial charge is 0.548 e. The van der Waals surface area contributed by atoms with Crippen LogP contribution >= 0.6 is 12.6 Å². The summed E-state index contributed by atoms with van der Waals surface area (Å²) in [5, 5.41) is 13.2. The Morgan fingerprint density at radius 2 is 1.90 bits per heavy atom. The van der Waals surface area contributed by atoms with Gasteiger partial charge >= 0.3 is 35.7 Å². The van der Waals surface area contributed by atoms with Crippen LogP contribution in [-0.2, 0) is 16.1 Å². The van der Waals surface area contributed by atoms with Gasteiger partial charge in [-0.3, -0.25) is 0 Å². The van der Waals surface area contributed by atoms with Gasteiger partial charge in [-0.1, -0.05) is 30.3 Å². The number of hydrogen-bond donors (Lipinski definition) is 2. The summed E-state index contributed by atoms with van der Waals surface area (Å²) in [5.74, 6) is -1.41. The minimum absolute atomic E-state index is 0. The predicted molar refractivity (Wildman–Crippen MR) is 71.6 cm³/mol. The number of alkyl carbamates (subject to hydrolysis) is 1. The summed E-state index contributed by atoms with van der Waals surface area (Å²) in [4.78, 5) is 22.4. The van der Waals surface area contributed by atoms with E-state index in [0.717, 1.165) is 5.56 Å². The van der Waals surface area contributed by atoms with E-state index in [0.29, 0.717) is 0 Å². The third-order valence-electron chi connectivity index (χ3n) is 2.42. The number of ether oxygens (including phenoxy) is 1. The second kappa shape index (κ2) is 8.56. The number of carbonyl (C=O) groups excluding carboxylic acids is 2. The van der Waals surface area contributed by atoms with Crippen molar-refractivity contribution in [3.8, 4) is 0 Å². The Labute approximate surface area is 145 Å². The van der Waals surface area contributed by atoms with Crippen molar-refractivity contribution in [3.05, 3.63) is 35.9 Å². The molecule has 0 aromatic heterocycles. The maximum absolute atomic E-state index is 11.5. The van der Waals surface area contributed by atoms with Crippen molar-refractivity contribution in [2.24, 2.45) is 0 Å². The summed E-state index contributed by atoms with van der Waals surface area (Å²) in [7, 11) is 0. The van der Waals surface area contributed by atoms with Crippen LogP contribution in [0.25, 0.3) is 0 Å². The van der Waals surface area contributed by atoms with E-state index < -0.39 is 22.9 Å². The van der Waals surface area contributed by atoms with Gasteiger partial charge in [0.25, 0.3) is 0 Å². The largest absolute Gasteiger partial charge is 1.00 e. The molecule has 0 spiro atoms. The Bertz CT molecular complexity index is 447. The maximum Gasteiger partial charge on any atom is 1.00 e. The zero-order valence-corrected chi connectivity index (χ0v) is 14.6. The molecule has 0 fully saturated rings. The molecule has 0 aliphatic rings. The molecule has 0 heterocycles. The SMILES string of the molecule is CC(C)(S)[C@@H](NC(=O)OCc1ccccc1)C(=O)[O-].[Na+]. The topological polar surface area (TPSA) is 78.5 Å². The molecule has 1 aromatic carbocycles. The second-order valence-electron chi connectivity index (χ2n) is 4.61. The van der Waals surface area contributed by atoms with Gasteiger partial charge in [-0.15, -0.1) is 0 Å². The molecule has 0 saturated heterocycles. The van der Waals surface area contributed by atoms with Gasteiger partial charge < -0.3 is 20.0 Å². The Hall–Kier alpha value is -0.690. The molecule has 0 radical (unpaired) electrons. The van der Waals surface area contributed by atoms with E-state index in [1.54, 1.807) is 26.0 Å².